The highest BCUT2D eigenvalue weighted by Crippen LogP contribution is 2.34. The zero-order valence-corrected chi connectivity index (χ0v) is 13.9. The normalized spacial score (nSPS) is 10.7. The van der Waals surface area contributed by atoms with E-state index in [0.29, 0.717) is 6.54 Å². The fourth-order valence-corrected chi connectivity index (χ4v) is 3.44. The van der Waals surface area contributed by atoms with Crippen molar-refractivity contribution in [3.63, 3.8) is 0 Å². The minimum absolute atomic E-state index is 0.570. The number of hydrogen-bond donors (Lipinski definition) is 1. The van der Waals surface area contributed by atoms with Crippen molar-refractivity contribution in [2.45, 2.75) is 32.2 Å². The summed E-state index contributed by atoms with van der Waals surface area (Å²) in [7, 11) is 0. The lowest BCUT2D eigenvalue weighted by molar-refractivity contribution is 0.961. The molecule has 0 aliphatic carbocycles. The molecule has 0 radical (unpaired) electrons. The number of benzene rings is 2. The topological polar surface area (TPSA) is 29.3 Å². The SMILES string of the molecule is CCSc1cccc(N(CC)c2cccc(C)c2)c1CN. The van der Waals surface area contributed by atoms with Gasteiger partial charge in [-0.05, 0) is 49.4 Å². The Morgan fingerprint density at radius 3 is 2.48 bits per heavy atom. The van der Waals surface area contributed by atoms with Crippen LogP contribution in [0, 0.1) is 6.92 Å². The molecule has 2 aromatic rings. The Hall–Kier alpha value is -1.45. The molecule has 21 heavy (non-hydrogen) atoms. The Morgan fingerprint density at radius 1 is 1.10 bits per heavy atom. The lowest BCUT2D eigenvalue weighted by Crippen LogP contribution is -2.19. The van der Waals surface area contributed by atoms with E-state index in [4.69, 9.17) is 5.73 Å². The molecule has 0 bridgehead atoms. The fraction of sp³-hybridized carbons (Fsp3) is 0.333. The maximum absolute atomic E-state index is 6.04. The van der Waals surface area contributed by atoms with Crippen LogP contribution in [0.4, 0.5) is 11.4 Å². The van der Waals surface area contributed by atoms with Crippen molar-refractivity contribution < 1.29 is 0 Å². The number of nitrogens with two attached hydrogens (primary N) is 1. The number of nitrogens with zero attached hydrogens (tertiary/aromatic N) is 1. The first-order chi connectivity index (χ1) is 10.2. The van der Waals surface area contributed by atoms with Crippen molar-refractivity contribution in [1.29, 1.82) is 0 Å². The van der Waals surface area contributed by atoms with Crippen LogP contribution in [0.2, 0.25) is 0 Å². The van der Waals surface area contributed by atoms with Crippen LogP contribution in [0.15, 0.2) is 47.4 Å². The van der Waals surface area contributed by atoms with Crippen molar-refractivity contribution in [3.8, 4) is 0 Å². The lowest BCUT2D eigenvalue weighted by Gasteiger charge is -2.27. The van der Waals surface area contributed by atoms with E-state index >= 15 is 0 Å². The van der Waals surface area contributed by atoms with Gasteiger partial charge in [-0.3, -0.25) is 0 Å². The molecule has 0 unspecified atom stereocenters. The van der Waals surface area contributed by atoms with Crippen LogP contribution in [0.25, 0.3) is 0 Å². The third-order valence-electron chi connectivity index (χ3n) is 3.53. The summed E-state index contributed by atoms with van der Waals surface area (Å²) in [5, 5.41) is 0. The average molecular weight is 300 g/mol. The van der Waals surface area contributed by atoms with Crippen molar-refractivity contribution >= 4 is 23.1 Å². The summed E-state index contributed by atoms with van der Waals surface area (Å²) >= 11 is 1.86. The quantitative estimate of drug-likeness (QED) is 0.782. The van der Waals surface area contributed by atoms with Gasteiger partial charge in [-0.15, -0.1) is 11.8 Å². The summed E-state index contributed by atoms with van der Waals surface area (Å²) in [6.45, 7) is 7.99. The molecule has 0 aliphatic heterocycles. The molecule has 2 N–H and O–H groups in total. The number of rotatable bonds is 6. The van der Waals surface area contributed by atoms with Crippen LogP contribution in [0.3, 0.4) is 0 Å². The van der Waals surface area contributed by atoms with E-state index in [9.17, 15) is 0 Å². The van der Waals surface area contributed by atoms with Gasteiger partial charge in [0, 0.05) is 34.9 Å². The van der Waals surface area contributed by atoms with Crippen LogP contribution >= 0.6 is 11.8 Å². The first-order valence-electron chi connectivity index (χ1n) is 7.50. The monoisotopic (exact) mass is 300 g/mol. The van der Waals surface area contributed by atoms with Crippen LogP contribution in [-0.4, -0.2) is 12.3 Å². The van der Waals surface area contributed by atoms with Gasteiger partial charge in [-0.2, -0.15) is 0 Å². The highest BCUT2D eigenvalue weighted by Gasteiger charge is 2.14. The molecule has 0 saturated carbocycles. The highest BCUT2D eigenvalue weighted by molar-refractivity contribution is 7.99. The second-order valence-corrected chi connectivity index (χ2v) is 6.28. The van der Waals surface area contributed by atoms with Crippen LogP contribution in [0.1, 0.15) is 25.0 Å². The molecule has 0 fully saturated rings. The average Bonchev–Trinajstić information content (AvgIpc) is 2.49. The van der Waals surface area contributed by atoms with Gasteiger partial charge in [0.05, 0.1) is 0 Å². The van der Waals surface area contributed by atoms with Crippen LogP contribution in [0.5, 0.6) is 0 Å². The predicted molar refractivity (Wildman–Crippen MR) is 94.6 cm³/mol. The molecule has 0 aliphatic rings. The molecule has 0 saturated heterocycles. The Labute approximate surface area is 132 Å². The largest absolute Gasteiger partial charge is 0.341 e. The Balaban J connectivity index is 2.49. The Morgan fingerprint density at radius 2 is 1.86 bits per heavy atom. The summed E-state index contributed by atoms with van der Waals surface area (Å²) in [4.78, 5) is 3.64. The summed E-state index contributed by atoms with van der Waals surface area (Å²) in [6.07, 6.45) is 0. The summed E-state index contributed by atoms with van der Waals surface area (Å²) < 4.78 is 0. The van der Waals surface area contributed by atoms with E-state index in [2.05, 4.69) is 68.1 Å². The van der Waals surface area contributed by atoms with Crippen molar-refractivity contribution in [2.24, 2.45) is 5.73 Å². The Kier molecular flexibility index (Phi) is 5.71. The molecular formula is C18H24N2S. The van der Waals surface area contributed by atoms with Crippen molar-refractivity contribution in [1.82, 2.24) is 0 Å². The van der Waals surface area contributed by atoms with E-state index in [-0.39, 0.29) is 0 Å². The van der Waals surface area contributed by atoms with Crippen molar-refractivity contribution in [3.05, 3.63) is 53.6 Å². The van der Waals surface area contributed by atoms with Crippen LogP contribution < -0.4 is 10.6 Å². The molecule has 2 nitrogen and oxygen atoms in total. The zero-order valence-electron chi connectivity index (χ0n) is 13.1. The molecule has 2 rings (SSSR count). The third kappa shape index (κ3) is 3.60. The van der Waals surface area contributed by atoms with Gasteiger partial charge in [0.2, 0.25) is 0 Å². The van der Waals surface area contributed by atoms with E-state index in [1.165, 1.54) is 27.4 Å². The van der Waals surface area contributed by atoms with E-state index in [1.54, 1.807) is 0 Å². The summed E-state index contributed by atoms with van der Waals surface area (Å²) in [5.74, 6) is 1.06. The summed E-state index contributed by atoms with van der Waals surface area (Å²) in [5.41, 5.74) is 11.0. The van der Waals surface area contributed by atoms with Gasteiger partial charge in [0.25, 0.3) is 0 Å². The first kappa shape index (κ1) is 15.9. The minimum atomic E-state index is 0.570. The molecular weight excluding hydrogens is 276 g/mol. The zero-order chi connectivity index (χ0) is 15.2. The highest BCUT2D eigenvalue weighted by atomic mass is 32.2. The maximum Gasteiger partial charge on any atom is 0.0467 e. The third-order valence-corrected chi connectivity index (χ3v) is 4.51. The maximum atomic E-state index is 6.04. The van der Waals surface area contributed by atoms with Gasteiger partial charge >= 0.3 is 0 Å². The van der Waals surface area contributed by atoms with Gasteiger partial charge in [-0.1, -0.05) is 25.1 Å². The van der Waals surface area contributed by atoms with Gasteiger partial charge < -0.3 is 10.6 Å². The standard InChI is InChI=1S/C18H24N2S/c1-4-20(15-9-6-8-14(3)12-15)17-10-7-11-18(21-5-2)16(17)13-19/h6-12H,4-5,13,19H2,1-3H3. The fourth-order valence-electron chi connectivity index (χ4n) is 2.59. The smallest absolute Gasteiger partial charge is 0.0467 e. The molecule has 0 spiro atoms. The second-order valence-electron chi connectivity index (χ2n) is 4.97. The predicted octanol–water partition coefficient (Wildman–Crippen LogP) is 4.72. The molecule has 3 heteroatoms. The Bertz CT molecular complexity index is 596. The minimum Gasteiger partial charge on any atom is -0.341 e. The van der Waals surface area contributed by atoms with Gasteiger partial charge in [0.15, 0.2) is 0 Å². The molecule has 0 heterocycles. The van der Waals surface area contributed by atoms with E-state index < -0.39 is 0 Å². The van der Waals surface area contributed by atoms with Gasteiger partial charge in [-0.25, -0.2) is 0 Å². The molecule has 0 atom stereocenters. The van der Waals surface area contributed by atoms with Gasteiger partial charge in [0.1, 0.15) is 0 Å². The first-order valence-corrected chi connectivity index (χ1v) is 8.48. The lowest BCUT2D eigenvalue weighted by atomic mass is 10.1. The number of anilines is 2. The molecule has 2 aromatic carbocycles. The number of aryl methyl sites for hydroxylation is 1. The van der Waals surface area contributed by atoms with Crippen LogP contribution in [-0.2, 0) is 6.54 Å². The summed E-state index contributed by atoms with van der Waals surface area (Å²) in [6, 6.07) is 15.1. The number of hydrogen-bond acceptors (Lipinski definition) is 3. The number of thioether (sulfide) groups is 1. The molecule has 112 valence electrons. The van der Waals surface area contributed by atoms with Crippen molar-refractivity contribution in [2.75, 3.05) is 17.2 Å². The van der Waals surface area contributed by atoms with E-state index in [0.717, 1.165) is 12.3 Å². The molecule has 0 aromatic heterocycles. The van der Waals surface area contributed by atoms with E-state index in [1.807, 2.05) is 11.8 Å². The second kappa shape index (κ2) is 7.53. The molecule has 0 amide bonds.